The van der Waals surface area contributed by atoms with Gasteiger partial charge >= 0.3 is 5.69 Å². The highest BCUT2D eigenvalue weighted by Crippen LogP contribution is 2.29. The van der Waals surface area contributed by atoms with E-state index in [1.165, 1.54) is 11.3 Å². The number of furan rings is 1. The SMILES string of the molecule is O=c1[nH]c2ccc(-c3csc(-c4ccco4)n3)cc2[nH]1. The first-order valence-electron chi connectivity index (χ1n) is 6.01. The molecule has 4 aromatic rings. The average molecular weight is 283 g/mol. The van der Waals surface area contributed by atoms with E-state index in [-0.39, 0.29) is 5.69 Å². The largest absolute Gasteiger partial charge is 0.462 e. The Balaban J connectivity index is 1.80. The van der Waals surface area contributed by atoms with Gasteiger partial charge < -0.3 is 14.4 Å². The number of H-pyrrole nitrogens is 2. The van der Waals surface area contributed by atoms with Crippen LogP contribution in [0.2, 0.25) is 0 Å². The van der Waals surface area contributed by atoms with Gasteiger partial charge in [0.25, 0.3) is 0 Å². The van der Waals surface area contributed by atoms with Crippen LogP contribution >= 0.6 is 11.3 Å². The molecule has 0 saturated heterocycles. The monoisotopic (exact) mass is 283 g/mol. The van der Waals surface area contributed by atoms with Gasteiger partial charge in [0.2, 0.25) is 0 Å². The van der Waals surface area contributed by atoms with E-state index in [0.29, 0.717) is 0 Å². The molecule has 4 rings (SSSR count). The molecule has 98 valence electrons. The highest BCUT2D eigenvalue weighted by atomic mass is 32.1. The number of imidazole rings is 1. The van der Waals surface area contributed by atoms with Crippen LogP contribution in [0.15, 0.2) is 51.2 Å². The Hall–Kier alpha value is -2.60. The van der Waals surface area contributed by atoms with Gasteiger partial charge in [-0.25, -0.2) is 9.78 Å². The van der Waals surface area contributed by atoms with Crippen molar-refractivity contribution in [3.8, 4) is 22.0 Å². The number of fused-ring (bicyclic) bond motifs is 1. The molecule has 0 fully saturated rings. The van der Waals surface area contributed by atoms with Crippen molar-refractivity contribution >= 4 is 22.4 Å². The molecule has 0 atom stereocenters. The lowest BCUT2D eigenvalue weighted by Crippen LogP contribution is -1.99. The molecule has 0 spiro atoms. The molecule has 6 heteroatoms. The van der Waals surface area contributed by atoms with Crippen LogP contribution in [-0.4, -0.2) is 15.0 Å². The second kappa shape index (κ2) is 4.21. The zero-order valence-electron chi connectivity index (χ0n) is 10.2. The first-order chi connectivity index (χ1) is 9.79. The second-order valence-electron chi connectivity index (χ2n) is 4.35. The standard InChI is InChI=1S/C14H9N3O2S/c18-14-16-9-4-3-8(6-10(9)17-14)11-7-20-13(15-11)12-2-1-5-19-12/h1-7H,(H2,16,17,18). The van der Waals surface area contributed by atoms with Crippen molar-refractivity contribution in [1.29, 1.82) is 0 Å². The maximum Gasteiger partial charge on any atom is 0.323 e. The van der Waals surface area contributed by atoms with Crippen molar-refractivity contribution in [3.63, 3.8) is 0 Å². The van der Waals surface area contributed by atoms with Crippen molar-refractivity contribution in [3.05, 3.63) is 52.5 Å². The number of thiazole rings is 1. The van der Waals surface area contributed by atoms with Crippen molar-refractivity contribution in [2.24, 2.45) is 0 Å². The van der Waals surface area contributed by atoms with E-state index in [1.54, 1.807) is 6.26 Å². The fraction of sp³-hybridized carbons (Fsp3) is 0. The summed E-state index contributed by atoms with van der Waals surface area (Å²) >= 11 is 1.53. The second-order valence-corrected chi connectivity index (χ2v) is 5.21. The summed E-state index contributed by atoms with van der Waals surface area (Å²) in [6, 6.07) is 9.44. The van der Waals surface area contributed by atoms with Gasteiger partial charge in [-0.2, -0.15) is 0 Å². The van der Waals surface area contributed by atoms with Crippen molar-refractivity contribution in [1.82, 2.24) is 15.0 Å². The fourth-order valence-corrected chi connectivity index (χ4v) is 2.91. The highest BCUT2D eigenvalue weighted by Gasteiger charge is 2.09. The van der Waals surface area contributed by atoms with E-state index in [2.05, 4.69) is 15.0 Å². The summed E-state index contributed by atoms with van der Waals surface area (Å²) < 4.78 is 5.34. The summed E-state index contributed by atoms with van der Waals surface area (Å²) in [5.41, 5.74) is 3.19. The number of nitrogens with zero attached hydrogens (tertiary/aromatic N) is 1. The lowest BCUT2D eigenvalue weighted by Gasteiger charge is -1.96. The minimum atomic E-state index is -0.202. The molecular formula is C14H9N3O2S. The fourth-order valence-electron chi connectivity index (χ4n) is 2.11. The van der Waals surface area contributed by atoms with Gasteiger partial charge in [-0.1, -0.05) is 6.07 Å². The molecule has 0 saturated carbocycles. The Bertz CT molecular complexity index is 931. The van der Waals surface area contributed by atoms with Gasteiger partial charge in [0.15, 0.2) is 10.8 Å². The predicted molar refractivity (Wildman–Crippen MR) is 77.7 cm³/mol. The van der Waals surface area contributed by atoms with E-state index in [1.807, 2.05) is 35.7 Å². The van der Waals surface area contributed by atoms with Crippen LogP contribution in [0.4, 0.5) is 0 Å². The molecule has 3 heterocycles. The summed E-state index contributed by atoms with van der Waals surface area (Å²) in [6.07, 6.45) is 1.63. The van der Waals surface area contributed by atoms with E-state index in [0.717, 1.165) is 33.1 Å². The van der Waals surface area contributed by atoms with E-state index >= 15 is 0 Å². The van der Waals surface area contributed by atoms with Crippen molar-refractivity contribution in [2.45, 2.75) is 0 Å². The van der Waals surface area contributed by atoms with Gasteiger partial charge in [0.05, 0.1) is 23.0 Å². The predicted octanol–water partition coefficient (Wildman–Crippen LogP) is 3.24. The van der Waals surface area contributed by atoms with E-state index in [4.69, 9.17) is 4.42 Å². The van der Waals surface area contributed by atoms with Gasteiger partial charge in [-0.3, -0.25) is 0 Å². The Morgan fingerprint density at radius 2 is 2.05 bits per heavy atom. The molecule has 0 aliphatic rings. The molecule has 5 nitrogen and oxygen atoms in total. The average Bonchev–Trinajstić information content (AvgIpc) is 3.17. The molecule has 0 radical (unpaired) electrons. The minimum Gasteiger partial charge on any atom is -0.462 e. The Morgan fingerprint density at radius 3 is 2.90 bits per heavy atom. The van der Waals surface area contributed by atoms with E-state index in [9.17, 15) is 4.79 Å². The number of hydrogen-bond acceptors (Lipinski definition) is 4. The normalized spacial score (nSPS) is 11.2. The topological polar surface area (TPSA) is 74.7 Å². The number of aromatic amines is 2. The summed E-state index contributed by atoms with van der Waals surface area (Å²) in [5.74, 6) is 0.761. The molecule has 0 aliphatic carbocycles. The van der Waals surface area contributed by atoms with Crippen molar-refractivity contribution < 1.29 is 4.42 Å². The lowest BCUT2D eigenvalue weighted by molar-refractivity contribution is 0.582. The maximum absolute atomic E-state index is 11.3. The van der Waals surface area contributed by atoms with Gasteiger partial charge in [0.1, 0.15) is 0 Å². The summed E-state index contributed by atoms with van der Waals surface area (Å²) in [5, 5.41) is 2.82. The number of benzene rings is 1. The lowest BCUT2D eigenvalue weighted by atomic mass is 10.1. The summed E-state index contributed by atoms with van der Waals surface area (Å²) in [4.78, 5) is 21.3. The van der Waals surface area contributed by atoms with Gasteiger partial charge in [-0.15, -0.1) is 11.3 Å². The van der Waals surface area contributed by atoms with Crippen molar-refractivity contribution in [2.75, 3.05) is 0 Å². The molecule has 3 aromatic heterocycles. The third-order valence-corrected chi connectivity index (χ3v) is 3.90. The number of aromatic nitrogens is 3. The number of nitrogens with one attached hydrogen (secondary N) is 2. The van der Waals surface area contributed by atoms with Crippen LogP contribution in [0.1, 0.15) is 0 Å². The number of hydrogen-bond donors (Lipinski definition) is 2. The first-order valence-corrected chi connectivity index (χ1v) is 6.89. The molecule has 0 unspecified atom stereocenters. The van der Waals surface area contributed by atoms with Gasteiger partial charge in [0, 0.05) is 10.9 Å². The molecule has 0 aliphatic heterocycles. The van der Waals surface area contributed by atoms with Crippen LogP contribution < -0.4 is 5.69 Å². The molecule has 1 aromatic carbocycles. The van der Waals surface area contributed by atoms with E-state index < -0.39 is 0 Å². The Morgan fingerprint density at radius 1 is 1.15 bits per heavy atom. The van der Waals surface area contributed by atoms with Crippen LogP contribution in [0.5, 0.6) is 0 Å². The minimum absolute atomic E-state index is 0.202. The zero-order chi connectivity index (χ0) is 13.5. The molecule has 0 amide bonds. The van der Waals surface area contributed by atoms with Crippen LogP contribution in [-0.2, 0) is 0 Å². The smallest absolute Gasteiger partial charge is 0.323 e. The third-order valence-electron chi connectivity index (χ3n) is 3.05. The highest BCUT2D eigenvalue weighted by molar-refractivity contribution is 7.13. The zero-order valence-corrected chi connectivity index (χ0v) is 11.0. The molecular weight excluding hydrogens is 274 g/mol. The third kappa shape index (κ3) is 1.78. The summed E-state index contributed by atoms with van der Waals surface area (Å²) in [6.45, 7) is 0. The Labute approximate surface area is 116 Å². The molecule has 2 N–H and O–H groups in total. The quantitative estimate of drug-likeness (QED) is 0.593. The van der Waals surface area contributed by atoms with Crippen LogP contribution in [0.3, 0.4) is 0 Å². The first kappa shape index (κ1) is 11.2. The molecule has 20 heavy (non-hydrogen) atoms. The number of rotatable bonds is 2. The van der Waals surface area contributed by atoms with Crippen LogP contribution in [0.25, 0.3) is 33.1 Å². The van der Waals surface area contributed by atoms with Gasteiger partial charge in [-0.05, 0) is 24.3 Å². The summed E-state index contributed by atoms with van der Waals surface area (Å²) in [7, 11) is 0. The molecule has 0 bridgehead atoms. The Kier molecular flexibility index (Phi) is 2.37. The van der Waals surface area contributed by atoms with Crippen LogP contribution in [0, 0.1) is 0 Å². The maximum atomic E-state index is 11.3.